The third-order valence-electron chi connectivity index (χ3n) is 1.98. The minimum Gasteiger partial charge on any atom is -0.437 e. The maximum atomic E-state index is 5.49. The Bertz CT molecular complexity index is 444. The Morgan fingerprint density at radius 1 is 1.47 bits per heavy atom. The smallest absolute Gasteiger partial charge is 0.256 e. The first kappa shape index (κ1) is 11.2. The molecule has 0 aromatic carbocycles. The summed E-state index contributed by atoms with van der Waals surface area (Å²) in [5.74, 6) is 1.82. The first-order valence-electron chi connectivity index (χ1n) is 4.46. The molecular weight excluding hydrogens is 294 g/mol. The molecule has 0 aliphatic carbocycles. The van der Waals surface area contributed by atoms with E-state index in [1.54, 1.807) is 23.1 Å². The fraction of sp³-hybridized carbons (Fsp3) is 0.300. The van der Waals surface area contributed by atoms with Crippen LogP contribution in [0.4, 0.5) is 0 Å². The maximum absolute atomic E-state index is 5.49. The first-order chi connectivity index (χ1) is 7.15. The number of oxazole rings is 1. The van der Waals surface area contributed by atoms with E-state index in [4.69, 9.17) is 4.42 Å². The summed E-state index contributed by atoms with van der Waals surface area (Å²) in [7, 11) is 0. The summed E-state index contributed by atoms with van der Waals surface area (Å²) in [5.41, 5.74) is 0.977. The Morgan fingerprint density at radius 3 is 2.80 bits per heavy atom. The summed E-state index contributed by atoms with van der Waals surface area (Å²) < 4.78 is 6.65. The number of aryl methyl sites for hydroxylation is 2. The summed E-state index contributed by atoms with van der Waals surface area (Å²) in [6.45, 7) is 3.90. The molecule has 0 unspecified atom stereocenters. The third-order valence-corrected chi connectivity index (χ3v) is 4.66. The van der Waals surface area contributed by atoms with Crippen molar-refractivity contribution >= 4 is 39.0 Å². The van der Waals surface area contributed by atoms with Crippen LogP contribution in [0.25, 0.3) is 0 Å². The van der Waals surface area contributed by atoms with Crippen molar-refractivity contribution in [1.29, 1.82) is 0 Å². The summed E-state index contributed by atoms with van der Waals surface area (Å²) in [5, 5.41) is 0.759. The zero-order valence-corrected chi connectivity index (χ0v) is 11.6. The van der Waals surface area contributed by atoms with Gasteiger partial charge in [-0.15, -0.1) is 11.3 Å². The van der Waals surface area contributed by atoms with Crippen molar-refractivity contribution in [3.05, 3.63) is 32.3 Å². The lowest BCUT2D eigenvalue weighted by atomic mass is 10.4. The molecule has 2 aromatic heterocycles. The predicted molar refractivity (Wildman–Crippen MR) is 67.6 cm³/mol. The Kier molecular flexibility index (Phi) is 3.53. The highest BCUT2D eigenvalue weighted by molar-refractivity contribution is 9.11. The molecule has 0 N–H and O–H groups in total. The van der Waals surface area contributed by atoms with Gasteiger partial charge < -0.3 is 4.42 Å². The largest absolute Gasteiger partial charge is 0.437 e. The van der Waals surface area contributed by atoms with Crippen LogP contribution in [0.2, 0.25) is 0 Å². The van der Waals surface area contributed by atoms with E-state index >= 15 is 0 Å². The second-order valence-corrected chi connectivity index (χ2v) is 6.59. The van der Waals surface area contributed by atoms with Crippen LogP contribution in [-0.2, 0) is 5.75 Å². The predicted octanol–water partition coefficient (Wildman–Crippen LogP) is 4.41. The molecule has 0 aliphatic rings. The maximum Gasteiger partial charge on any atom is 0.256 e. The van der Waals surface area contributed by atoms with Crippen LogP contribution in [0.15, 0.2) is 25.6 Å². The molecule has 0 bridgehead atoms. The topological polar surface area (TPSA) is 26.0 Å². The number of halogens is 1. The molecule has 0 amide bonds. The van der Waals surface area contributed by atoms with Crippen molar-refractivity contribution in [2.75, 3.05) is 0 Å². The fourth-order valence-electron chi connectivity index (χ4n) is 1.07. The molecule has 2 aromatic rings. The van der Waals surface area contributed by atoms with E-state index in [0.717, 1.165) is 26.2 Å². The van der Waals surface area contributed by atoms with Gasteiger partial charge in [-0.1, -0.05) is 11.8 Å². The Morgan fingerprint density at radius 2 is 2.27 bits per heavy atom. The molecule has 2 rings (SSSR count). The van der Waals surface area contributed by atoms with Crippen LogP contribution in [0.3, 0.4) is 0 Å². The van der Waals surface area contributed by atoms with E-state index < -0.39 is 0 Å². The van der Waals surface area contributed by atoms with Gasteiger partial charge in [0, 0.05) is 10.6 Å². The van der Waals surface area contributed by atoms with Crippen molar-refractivity contribution in [1.82, 2.24) is 4.98 Å². The van der Waals surface area contributed by atoms with E-state index in [1.807, 2.05) is 13.8 Å². The zero-order chi connectivity index (χ0) is 10.8. The SMILES string of the molecule is Cc1nc(SCc2ccc(Br)s2)oc1C. The number of rotatable bonds is 3. The number of thiophene rings is 1. The Hall–Kier alpha value is -0.260. The van der Waals surface area contributed by atoms with Crippen molar-refractivity contribution in [3.63, 3.8) is 0 Å². The minimum atomic E-state index is 0.759. The quantitative estimate of drug-likeness (QED) is 0.786. The van der Waals surface area contributed by atoms with E-state index in [2.05, 4.69) is 33.0 Å². The van der Waals surface area contributed by atoms with Crippen LogP contribution in [0.5, 0.6) is 0 Å². The Labute approximate surface area is 105 Å². The highest BCUT2D eigenvalue weighted by Gasteiger charge is 2.07. The highest BCUT2D eigenvalue weighted by Crippen LogP contribution is 2.29. The summed E-state index contributed by atoms with van der Waals surface area (Å²) in [4.78, 5) is 5.64. The summed E-state index contributed by atoms with van der Waals surface area (Å²) in [6.07, 6.45) is 0. The van der Waals surface area contributed by atoms with Gasteiger partial charge in [0.2, 0.25) is 0 Å². The number of hydrogen-bond donors (Lipinski definition) is 0. The second kappa shape index (κ2) is 4.72. The molecule has 0 saturated carbocycles. The number of hydrogen-bond acceptors (Lipinski definition) is 4. The minimum absolute atomic E-state index is 0.759. The van der Waals surface area contributed by atoms with E-state index in [1.165, 1.54) is 4.88 Å². The van der Waals surface area contributed by atoms with Crippen molar-refractivity contribution < 1.29 is 4.42 Å². The fourth-order valence-corrected chi connectivity index (χ4v) is 3.51. The molecule has 0 radical (unpaired) electrons. The third kappa shape index (κ3) is 2.86. The van der Waals surface area contributed by atoms with Crippen LogP contribution in [0, 0.1) is 13.8 Å². The molecule has 0 aliphatic heterocycles. The molecule has 15 heavy (non-hydrogen) atoms. The molecule has 2 heterocycles. The summed E-state index contributed by atoms with van der Waals surface area (Å²) in [6, 6.07) is 4.18. The first-order valence-corrected chi connectivity index (χ1v) is 7.05. The average molecular weight is 304 g/mol. The van der Waals surface area contributed by atoms with Crippen molar-refractivity contribution in [2.24, 2.45) is 0 Å². The van der Waals surface area contributed by atoms with Crippen LogP contribution >= 0.6 is 39.0 Å². The van der Waals surface area contributed by atoms with Crippen LogP contribution in [0.1, 0.15) is 16.3 Å². The number of nitrogens with zero attached hydrogens (tertiary/aromatic N) is 1. The van der Waals surface area contributed by atoms with Gasteiger partial charge in [0.1, 0.15) is 5.76 Å². The van der Waals surface area contributed by atoms with Gasteiger partial charge in [-0.05, 0) is 41.9 Å². The lowest BCUT2D eigenvalue weighted by molar-refractivity contribution is 0.431. The van der Waals surface area contributed by atoms with E-state index in [-0.39, 0.29) is 0 Å². The Balaban J connectivity index is 1.99. The average Bonchev–Trinajstić information content (AvgIpc) is 2.72. The lowest BCUT2D eigenvalue weighted by Crippen LogP contribution is -1.75. The molecular formula is C10H10BrNOS2. The molecule has 80 valence electrons. The molecule has 5 heteroatoms. The van der Waals surface area contributed by atoms with Crippen molar-refractivity contribution in [3.8, 4) is 0 Å². The van der Waals surface area contributed by atoms with Gasteiger partial charge >= 0.3 is 0 Å². The van der Waals surface area contributed by atoms with Gasteiger partial charge in [0.15, 0.2) is 0 Å². The summed E-state index contributed by atoms with van der Waals surface area (Å²) >= 11 is 6.82. The van der Waals surface area contributed by atoms with Gasteiger partial charge in [-0.25, -0.2) is 4.98 Å². The molecule has 0 fully saturated rings. The molecule has 2 nitrogen and oxygen atoms in total. The van der Waals surface area contributed by atoms with Crippen molar-refractivity contribution in [2.45, 2.75) is 24.8 Å². The highest BCUT2D eigenvalue weighted by atomic mass is 79.9. The van der Waals surface area contributed by atoms with Gasteiger partial charge in [-0.2, -0.15) is 0 Å². The molecule has 0 saturated heterocycles. The standard InChI is InChI=1S/C10H10BrNOS2/c1-6-7(2)13-10(12-6)14-5-8-3-4-9(11)15-8/h3-4H,5H2,1-2H3. The number of aromatic nitrogens is 1. The lowest BCUT2D eigenvalue weighted by Gasteiger charge is -1.92. The molecule has 0 atom stereocenters. The van der Waals surface area contributed by atoms with Crippen LogP contribution < -0.4 is 0 Å². The molecule has 0 spiro atoms. The van der Waals surface area contributed by atoms with E-state index in [9.17, 15) is 0 Å². The van der Waals surface area contributed by atoms with Crippen LogP contribution in [-0.4, -0.2) is 4.98 Å². The van der Waals surface area contributed by atoms with Gasteiger partial charge in [-0.3, -0.25) is 0 Å². The monoisotopic (exact) mass is 303 g/mol. The second-order valence-electron chi connectivity index (χ2n) is 3.12. The normalized spacial score (nSPS) is 10.9. The zero-order valence-electron chi connectivity index (χ0n) is 8.41. The number of thioether (sulfide) groups is 1. The van der Waals surface area contributed by atoms with Gasteiger partial charge in [0.25, 0.3) is 5.22 Å². The van der Waals surface area contributed by atoms with Gasteiger partial charge in [0.05, 0.1) is 9.48 Å². The van der Waals surface area contributed by atoms with E-state index in [0.29, 0.717) is 0 Å².